The molecule has 7 heteroatoms. The van der Waals surface area contributed by atoms with E-state index in [2.05, 4.69) is 10.4 Å². The van der Waals surface area contributed by atoms with Gasteiger partial charge in [0.2, 0.25) is 5.91 Å². The van der Waals surface area contributed by atoms with Gasteiger partial charge in [0.05, 0.1) is 17.6 Å². The predicted octanol–water partition coefficient (Wildman–Crippen LogP) is 2.86. The van der Waals surface area contributed by atoms with Crippen molar-refractivity contribution in [1.82, 2.24) is 20.0 Å². The number of rotatable bonds is 7. The number of nitrogens with one attached hydrogen (secondary N) is 1. The zero-order valence-electron chi connectivity index (χ0n) is 16.3. The monoisotopic (exact) mass is 380 g/mol. The number of aryl methyl sites for hydroxylation is 1. The molecule has 0 aliphatic heterocycles. The summed E-state index contributed by atoms with van der Waals surface area (Å²) in [5.74, 6) is -0.136. The molecule has 146 valence electrons. The van der Waals surface area contributed by atoms with Crippen molar-refractivity contribution >= 4 is 11.8 Å². The Balaban J connectivity index is 1.58. The minimum Gasteiger partial charge on any atom is -0.459 e. The number of furan rings is 1. The van der Waals surface area contributed by atoms with Crippen molar-refractivity contribution < 1.29 is 14.0 Å². The van der Waals surface area contributed by atoms with Crippen LogP contribution in [0.4, 0.5) is 0 Å². The number of para-hydroxylation sites is 1. The van der Waals surface area contributed by atoms with E-state index in [1.165, 1.54) is 6.26 Å². The van der Waals surface area contributed by atoms with Crippen molar-refractivity contribution in [1.29, 1.82) is 0 Å². The molecule has 0 aliphatic rings. The second-order valence-electron chi connectivity index (χ2n) is 6.63. The minimum atomic E-state index is -0.323. The van der Waals surface area contributed by atoms with Crippen molar-refractivity contribution in [3.63, 3.8) is 0 Å². The van der Waals surface area contributed by atoms with Gasteiger partial charge >= 0.3 is 0 Å². The molecular formula is C21H24N4O3. The fraction of sp³-hybridized carbons (Fsp3) is 0.286. The van der Waals surface area contributed by atoms with Crippen LogP contribution in [0.2, 0.25) is 0 Å². The highest BCUT2D eigenvalue weighted by Gasteiger charge is 2.17. The van der Waals surface area contributed by atoms with Gasteiger partial charge in [0.1, 0.15) is 0 Å². The summed E-state index contributed by atoms with van der Waals surface area (Å²) in [6.45, 7) is 4.67. The Morgan fingerprint density at radius 3 is 2.57 bits per heavy atom. The van der Waals surface area contributed by atoms with Crippen LogP contribution in [0.25, 0.3) is 5.69 Å². The third-order valence-corrected chi connectivity index (χ3v) is 4.63. The molecular weight excluding hydrogens is 356 g/mol. The first-order valence-corrected chi connectivity index (χ1v) is 9.13. The summed E-state index contributed by atoms with van der Waals surface area (Å²) in [6.07, 6.45) is 1.65. The molecule has 3 rings (SSSR count). The average Bonchev–Trinajstić information content (AvgIpc) is 3.33. The molecule has 2 heterocycles. The second kappa shape index (κ2) is 8.56. The maximum Gasteiger partial charge on any atom is 0.286 e. The molecule has 0 unspecified atom stereocenters. The fourth-order valence-electron chi connectivity index (χ4n) is 3.02. The molecule has 0 aliphatic carbocycles. The number of carbonyl (C=O) groups is 2. The SMILES string of the molecule is Cc1nn(-c2ccccc2)c(C)c1CN(C)C(=O)CCNC(=O)c1ccco1. The van der Waals surface area contributed by atoms with E-state index in [-0.39, 0.29) is 30.5 Å². The first kappa shape index (κ1) is 19.4. The van der Waals surface area contributed by atoms with Gasteiger partial charge in [-0.3, -0.25) is 9.59 Å². The van der Waals surface area contributed by atoms with E-state index in [1.807, 2.05) is 48.9 Å². The Morgan fingerprint density at radius 1 is 1.14 bits per heavy atom. The van der Waals surface area contributed by atoms with Crippen LogP contribution in [-0.4, -0.2) is 40.1 Å². The molecule has 0 fully saturated rings. The average molecular weight is 380 g/mol. The summed E-state index contributed by atoms with van der Waals surface area (Å²) in [5, 5.41) is 7.30. The van der Waals surface area contributed by atoms with Gasteiger partial charge in [-0.05, 0) is 38.1 Å². The zero-order chi connectivity index (χ0) is 20.1. The van der Waals surface area contributed by atoms with Gasteiger partial charge in [-0.1, -0.05) is 18.2 Å². The van der Waals surface area contributed by atoms with E-state index < -0.39 is 0 Å². The summed E-state index contributed by atoms with van der Waals surface area (Å²) in [4.78, 5) is 25.9. The van der Waals surface area contributed by atoms with E-state index in [0.717, 1.165) is 22.6 Å². The number of nitrogens with zero attached hydrogens (tertiary/aromatic N) is 3. The van der Waals surface area contributed by atoms with Crippen molar-refractivity contribution in [3.05, 3.63) is 71.4 Å². The van der Waals surface area contributed by atoms with Gasteiger partial charge in [0, 0.05) is 37.8 Å². The van der Waals surface area contributed by atoms with Gasteiger partial charge in [-0.15, -0.1) is 0 Å². The molecule has 2 aromatic heterocycles. The second-order valence-corrected chi connectivity index (χ2v) is 6.63. The van der Waals surface area contributed by atoms with Crippen LogP contribution in [0.1, 0.15) is 33.9 Å². The van der Waals surface area contributed by atoms with Gasteiger partial charge in [-0.25, -0.2) is 4.68 Å². The van der Waals surface area contributed by atoms with E-state index in [0.29, 0.717) is 6.54 Å². The Bertz CT molecular complexity index is 946. The molecule has 28 heavy (non-hydrogen) atoms. The Kier molecular flexibility index (Phi) is 5.93. The number of carbonyl (C=O) groups excluding carboxylic acids is 2. The van der Waals surface area contributed by atoms with Crippen molar-refractivity contribution in [2.75, 3.05) is 13.6 Å². The largest absolute Gasteiger partial charge is 0.459 e. The van der Waals surface area contributed by atoms with Crippen molar-refractivity contribution in [2.24, 2.45) is 0 Å². The van der Waals surface area contributed by atoms with E-state index >= 15 is 0 Å². The number of benzene rings is 1. The lowest BCUT2D eigenvalue weighted by Gasteiger charge is -2.18. The number of hydrogen-bond donors (Lipinski definition) is 1. The highest BCUT2D eigenvalue weighted by Crippen LogP contribution is 2.19. The molecule has 0 atom stereocenters. The van der Waals surface area contributed by atoms with Crippen molar-refractivity contribution in [2.45, 2.75) is 26.8 Å². The highest BCUT2D eigenvalue weighted by molar-refractivity contribution is 5.91. The molecule has 2 amide bonds. The van der Waals surface area contributed by atoms with Gasteiger partial charge in [0.25, 0.3) is 5.91 Å². The quantitative estimate of drug-likeness (QED) is 0.683. The maximum absolute atomic E-state index is 12.4. The van der Waals surface area contributed by atoms with E-state index in [1.54, 1.807) is 24.1 Å². The number of amides is 2. The maximum atomic E-state index is 12.4. The number of hydrogen-bond acceptors (Lipinski definition) is 4. The molecule has 1 N–H and O–H groups in total. The standard InChI is InChI=1S/C21H24N4O3/c1-15-18(16(2)25(23-15)17-8-5-4-6-9-17)14-24(3)20(26)11-12-22-21(27)19-10-7-13-28-19/h4-10,13H,11-12,14H2,1-3H3,(H,22,27). The summed E-state index contributed by atoms with van der Waals surface area (Å²) in [7, 11) is 1.76. The third kappa shape index (κ3) is 4.31. The van der Waals surface area contributed by atoms with Gasteiger partial charge < -0.3 is 14.6 Å². The first-order chi connectivity index (χ1) is 13.5. The zero-order valence-corrected chi connectivity index (χ0v) is 16.3. The van der Waals surface area contributed by atoms with Crippen LogP contribution in [0, 0.1) is 13.8 Å². The predicted molar refractivity (Wildman–Crippen MR) is 105 cm³/mol. The lowest BCUT2D eigenvalue weighted by atomic mass is 10.2. The fourth-order valence-corrected chi connectivity index (χ4v) is 3.02. The van der Waals surface area contributed by atoms with Crippen LogP contribution < -0.4 is 5.32 Å². The highest BCUT2D eigenvalue weighted by atomic mass is 16.3. The van der Waals surface area contributed by atoms with Crippen LogP contribution in [0.5, 0.6) is 0 Å². The van der Waals surface area contributed by atoms with Crippen molar-refractivity contribution in [3.8, 4) is 5.69 Å². The summed E-state index contributed by atoms with van der Waals surface area (Å²) < 4.78 is 6.92. The van der Waals surface area contributed by atoms with Gasteiger partial charge in [0.15, 0.2) is 5.76 Å². The smallest absolute Gasteiger partial charge is 0.286 e. The summed E-state index contributed by atoms with van der Waals surface area (Å²) >= 11 is 0. The number of aromatic nitrogens is 2. The Labute approximate surface area is 163 Å². The molecule has 0 spiro atoms. The molecule has 0 saturated heterocycles. The van der Waals surface area contributed by atoms with Gasteiger partial charge in [-0.2, -0.15) is 5.10 Å². The molecule has 3 aromatic rings. The molecule has 0 bridgehead atoms. The topological polar surface area (TPSA) is 80.4 Å². The van der Waals surface area contributed by atoms with Crippen LogP contribution in [0.3, 0.4) is 0 Å². The summed E-state index contributed by atoms with van der Waals surface area (Å²) in [6, 6.07) is 13.1. The minimum absolute atomic E-state index is 0.0500. The molecule has 0 radical (unpaired) electrons. The van der Waals surface area contributed by atoms with E-state index in [9.17, 15) is 9.59 Å². The summed E-state index contributed by atoms with van der Waals surface area (Å²) in [5.41, 5.74) is 3.92. The molecule has 7 nitrogen and oxygen atoms in total. The third-order valence-electron chi connectivity index (χ3n) is 4.63. The van der Waals surface area contributed by atoms with Crippen LogP contribution in [0.15, 0.2) is 53.1 Å². The molecule has 1 aromatic carbocycles. The first-order valence-electron chi connectivity index (χ1n) is 9.13. The van der Waals surface area contributed by atoms with E-state index in [4.69, 9.17) is 4.42 Å². The normalized spacial score (nSPS) is 10.7. The van der Waals surface area contributed by atoms with Crippen LogP contribution in [-0.2, 0) is 11.3 Å². The lowest BCUT2D eigenvalue weighted by Crippen LogP contribution is -2.32. The Hall–Kier alpha value is -3.35. The Morgan fingerprint density at radius 2 is 1.89 bits per heavy atom. The molecule has 0 saturated carbocycles. The lowest BCUT2D eigenvalue weighted by molar-refractivity contribution is -0.130. The van der Waals surface area contributed by atoms with Crippen LogP contribution >= 0.6 is 0 Å².